The summed E-state index contributed by atoms with van der Waals surface area (Å²) in [4.78, 5) is 1.25. The van der Waals surface area contributed by atoms with Crippen molar-refractivity contribution in [1.82, 2.24) is 15.2 Å². The average Bonchev–Trinajstić information content (AvgIpc) is 2.90. The van der Waals surface area contributed by atoms with Gasteiger partial charge >= 0.3 is 0 Å². The van der Waals surface area contributed by atoms with Crippen LogP contribution in [0.3, 0.4) is 0 Å². The smallest absolute Gasteiger partial charge is 0.0972 e. The maximum absolute atomic E-state index is 5.66. The topological polar surface area (TPSA) is 55.9 Å². The number of aromatic nitrogens is 2. The van der Waals surface area contributed by atoms with Gasteiger partial charge in [-0.3, -0.25) is 10.5 Å². The van der Waals surface area contributed by atoms with E-state index in [2.05, 4.69) is 35.8 Å². The second-order valence-electron chi connectivity index (χ2n) is 3.64. The van der Waals surface area contributed by atoms with Crippen LogP contribution in [0.1, 0.15) is 29.1 Å². The van der Waals surface area contributed by atoms with Crippen LogP contribution >= 0.6 is 11.3 Å². The van der Waals surface area contributed by atoms with Crippen LogP contribution in [0.15, 0.2) is 23.7 Å². The van der Waals surface area contributed by atoms with E-state index in [4.69, 9.17) is 5.84 Å². The van der Waals surface area contributed by atoms with E-state index in [1.165, 1.54) is 10.4 Å². The molecule has 0 saturated heterocycles. The Labute approximate surface area is 99.1 Å². The number of nitrogens with two attached hydrogens (primary N) is 1. The number of hydrazine groups is 1. The van der Waals surface area contributed by atoms with Crippen molar-refractivity contribution in [3.05, 3.63) is 39.8 Å². The first-order valence-corrected chi connectivity index (χ1v) is 6.17. The number of hydrogen-bond donors (Lipinski definition) is 2. The van der Waals surface area contributed by atoms with E-state index in [0.717, 1.165) is 12.2 Å². The number of rotatable bonds is 4. The van der Waals surface area contributed by atoms with Gasteiger partial charge in [0, 0.05) is 17.6 Å². The van der Waals surface area contributed by atoms with Gasteiger partial charge in [-0.25, -0.2) is 5.43 Å². The van der Waals surface area contributed by atoms with Gasteiger partial charge in [0.05, 0.1) is 11.7 Å². The van der Waals surface area contributed by atoms with Crippen molar-refractivity contribution in [3.8, 4) is 0 Å². The molecule has 0 saturated carbocycles. The quantitative estimate of drug-likeness (QED) is 0.629. The summed E-state index contributed by atoms with van der Waals surface area (Å²) in [6.07, 6.45) is 1.81. The Morgan fingerprint density at radius 1 is 1.56 bits per heavy atom. The molecular formula is C11H16N4S. The van der Waals surface area contributed by atoms with Crippen LogP contribution in [-0.4, -0.2) is 9.78 Å². The molecule has 16 heavy (non-hydrogen) atoms. The summed E-state index contributed by atoms with van der Waals surface area (Å²) < 4.78 is 1.96. The second kappa shape index (κ2) is 4.78. The minimum absolute atomic E-state index is 0.0300. The van der Waals surface area contributed by atoms with Crippen LogP contribution in [0.4, 0.5) is 0 Å². The zero-order chi connectivity index (χ0) is 11.5. The number of thiophene rings is 1. The van der Waals surface area contributed by atoms with Crippen LogP contribution in [0, 0.1) is 6.92 Å². The monoisotopic (exact) mass is 236 g/mol. The van der Waals surface area contributed by atoms with Crippen LogP contribution in [-0.2, 0) is 6.54 Å². The molecule has 2 heterocycles. The van der Waals surface area contributed by atoms with Gasteiger partial charge in [-0.1, -0.05) is 0 Å². The Kier molecular flexibility index (Phi) is 3.38. The fourth-order valence-electron chi connectivity index (χ4n) is 1.83. The molecule has 3 N–H and O–H groups in total. The molecule has 0 amide bonds. The Balaban J connectivity index is 2.40. The van der Waals surface area contributed by atoms with Gasteiger partial charge in [0.2, 0.25) is 0 Å². The molecule has 1 unspecified atom stereocenters. The van der Waals surface area contributed by atoms with E-state index in [1.807, 2.05) is 16.9 Å². The van der Waals surface area contributed by atoms with Crippen LogP contribution in [0.2, 0.25) is 0 Å². The summed E-state index contributed by atoms with van der Waals surface area (Å²) in [7, 11) is 0. The maximum Gasteiger partial charge on any atom is 0.0972 e. The molecule has 0 aromatic carbocycles. The van der Waals surface area contributed by atoms with Crippen LogP contribution in [0.25, 0.3) is 0 Å². The van der Waals surface area contributed by atoms with Crippen molar-refractivity contribution in [1.29, 1.82) is 0 Å². The molecule has 2 aromatic rings. The van der Waals surface area contributed by atoms with E-state index in [1.54, 1.807) is 11.3 Å². The first-order chi connectivity index (χ1) is 7.77. The van der Waals surface area contributed by atoms with Gasteiger partial charge in [-0.2, -0.15) is 5.10 Å². The van der Waals surface area contributed by atoms with Gasteiger partial charge in [0.1, 0.15) is 0 Å². The van der Waals surface area contributed by atoms with Crippen molar-refractivity contribution in [2.45, 2.75) is 26.4 Å². The predicted octanol–water partition coefficient (Wildman–Crippen LogP) is 1.83. The lowest BCUT2D eigenvalue weighted by molar-refractivity contribution is 0.547. The third-order valence-corrected chi connectivity index (χ3v) is 3.76. The molecule has 0 aliphatic carbocycles. The number of aryl methyl sites for hydroxylation is 2. The molecule has 86 valence electrons. The largest absolute Gasteiger partial charge is 0.270 e. The Morgan fingerprint density at radius 3 is 2.94 bits per heavy atom. The molecule has 0 aliphatic heterocycles. The highest BCUT2D eigenvalue weighted by Gasteiger charge is 2.19. The minimum atomic E-state index is 0.0300. The summed E-state index contributed by atoms with van der Waals surface area (Å²) in [6, 6.07) is 4.15. The highest BCUT2D eigenvalue weighted by Crippen LogP contribution is 2.28. The standard InChI is InChI=1S/C11H16N4S/c1-3-15-9(4-6-13-15)10(14-12)11-8(2)5-7-16-11/h4-7,10,14H,3,12H2,1-2H3. The lowest BCUT2D eigenvalue weighted by Crippen LogP contribution is -2.30. The third-order valence-electron chi connectivity index (χ3n) is 2.68. The zero-order valence-electron chi connectivity index (χ0n) is 9.47. The van der Waals surface area contributed by atoms with E-state index in [0.29, 0.717) is 0 Å². The summed E-state index contributed by atoms with van der Waals surface area (Å²) in [5, 5.41) is 6.35. The first kappa shape index (κ1) is 11.3. The normalized spacial score (nSPS) is 12.9. The van der Waals surface area contributed by atoms with E-state index >= 15 is 0 Å². The SMILES string of the molecule is CCn1nccc1C(NN)c1sccc1C. The number of nitrogens with one attached hydrogen (secondary N) is 1. The lowest BCUT2D eigenvalue weighted by atomic mass is 10.1. The van der Waals surface area contributed by atoms with Crippen LogP contribution in [0.5, 0.6) is 0 Å². The third kappa shape index (κ3) is 1.89. The molecule has 1 atom stereocenters. The first-order valence-electron chi connectivity index (χ1n) is 5.29. The Morgan fingerprint density at radius 2 is 2.38 bits per heavy atom. The predicted molar refractivity (Wildman–Crippen MR) is 66.1 cm³/mol. The van der Waals surface area contributed by atoms with Gasteiger partial charge < -0.3 is 0 Å². The van der Waals surface area contributed by atoms with Crippen molar-refractivity contribution >= 4 is 11.3 Å². The van der Waals surface area contributed by atoms with Crippen molar-refractivity contribution in [2.24, 2.45) is 5.84 Å². The Hall–Kier alpha value is -1.17. The maximum atomic E-state index is 5.66. The van der Waals surface area contributed by atoms with Gasteiger partial charge in [0.15, 0.2) is 0 Å². The van der Waals surface area contributed by atoms with Gasteiger partial charge in [-0.15, -0.1) is 11.3 Å². The molecule has 5 heteroatoms. The second-order valence-corrected chi connectivity index (χ2v) is 4.59. The molecule has 0 fully saturated rings. The number of nitrogens with zero attached hydrogens (tertiary/aromatic N) is 2. The van der Waals surface area contributed by atoms with Crippen LogP contribution < -0.4 is 11.3 Å². The summed E-state index contributed by atoms with van der Waals surface area (Å²) in [6.45, 7) is 5.03. The zero-order valence-corrected chi connectivity index (χ0v) is 10.3. The molecular weight excluding hydrogens is 220 g/mol. The lowest BCUT2D eigenvalue weighted by Gasteiger charge is -2.16. The fourth-order valence-corrected chi connectivity index (χ4v) is 2.83. The minimum Gasteiger partial charge on any atom is -0.270 e. The van der Waals surface area contributed by atoms with E-state index in [-0.39, 0.29) is 6.04 Å². The van der Waals surface area contributed by atoms with Gasteiger partial charge in [0.25, 0.3) is 0 Å². The summed E-state index contributed by atoms with van der Waals surface area (Å²) >= 11 is 1.72. The van der Waals surface area contributed by atoms with E-state index in [9.17, 15) is 0 Å². The fraction of sp³-hybridized carbons (Fsp3) is 0.364. The van der Waals surface area contributed by atoms with Gasteiger partial charge in [-0.05, 0) is 36.9 Å². The average molecular weight is 236 g/mol. The molecule has 0 aliphatic rings. The Bertz CT molecular complexity index is 460. The molecule has 0 bridgehead atoms. The molecule has 2 aromatic heterocycles. The van der Waals surface area contributed by atoms with E-state index < -0.39 is 0 Å². The molecule has 4 nitrogen and oxygen atoms in total. The van der Waals surface area contributed by atoms with Crippen molar-refractivity contribution in [3.63, 3.8) is 0 Å². The molecule has 0 spiro atoms. The molecule has 2 rings (SSSR count). The van der Waals surface area contributed by atoms with Crippen molar-refractivity contribution in [2.75, 3.05) is 0 Å². The highest BCUT2D eigenvalue weighted by molar-refractivity contribution is 7.10. The summed E-state index contributed by atoms with van der Waals surface area (Å²) in [5.41, 5.74) is 5.24. The molecule has 0 radical (unpaired) electrons. The number of hydrogen-bond acceptors (Lipinski definition) is 4. The summed E-state index contributed by atoms with van der Waals surface area (Å²) in [5.74, 6) is 5.66. The van der Waals surface area contributed by atoms with Crippen molar-refractivity contribution < 1.29 is 0 Å². The highest BCUT2D eigenvalue weighted by atomic mass is 32.1.